The average molecular weight is 261 g/mol. The van der Waals surface area contributed by atoms with Crippen LogP contribution in [0.5, 0.6) is 0 Å². The van der Waals surface area contributed by atoms with Crippen LogP contribution in [0.15, 0.2) is 30.3 Å². The normalized spacial score (nSPS) is 16.9. The van der Waals surface area contributed by atoms with Gasteiger partial charge in [0.15, 0.2) is 0 Å². The van der Waals surface area contributed by atoms with Gasteiger partial charge in [-0.3, -0.25) is 0 Å². The third-order valence-corrected chi connectivity index (χ3v) is 4.22. The number of aliphatic hydroxyl groups excluding tert-OH is 1. The van der Waals surface area contributed by atoms with E-state index in [1.807, 2.05) is 0 Å². The molecule has 2 rings (SSSR count). The van der Waals surface area contributed by atoms with Crippen molar-refractivity contribution in [3.8, 4) is 0 Å². The fraction of sp³-hybridized carbons (Fsp3) is 0.647. The van der Waals surface area contributed by atoms with Crippen molar-refractivity contribution in [2.24, 2.45) is 5.92 Å². The van der Waals surface area contributed by atoms with Gasteiger partial charge in [0.2, 0.25) is 0 Å². The molecule has 1 aliphatic carbocycles. The lowest BCUT2D eigenvalue weighted by molar-refractivity contribution is 0.161. The highest BCUT2D eigenvalue weighted by Gasteiger charge is 2.16. The van der Waals surface area contributed by atoms with Crippen molar-refractivity contribution in [2.75, 3.05) is 26.2 Å². The van der Waals surface area contributed by atoms with Crippen LogP contribution in [0, 0.1) is 5.92 Å². The molecule has 1 aromatic carbocycles. The molecule has 106 valence electrons. The number of rotatable bonds is 7. The van der Waals surface area contributed by atoms with Crippen LogP contribution in [0.25, 0.3) is 0 Å². The highest BCUT2D eigenvalue weighted by Crippen LogP contribution is 2.24. The first kappa shape index (κ1) is 14.5. The van der Waals surface area contributed by atoms with Gasteiger partial charge in [0.1, 0.15) is 0 Å². The number of aliphatic hydroxyl groups is 1. The van der Waals surface area contributed by atoms with Gasteiger partial charge in [-0.25, -0.2) is 0 Å². The van der Waals surface area contributed by atoms with E-state index < -0.39 is 0 Å². The van der Waals surface area contributed by atoms with Crippen molar-refractivity contribution in [1.82, 2.24) is 4.90 Å². The molecule has 0 spiro atoms. The maximum Gasteiger partial charge on any atom is 0.0558 e. The SMILES string of the molecule is OCCN(CCc1ccccc1)CC1CCCCC1. The molecule has 0 atom stereocenters. The molecule has 0 unspecified atom stereocenters. The number of benzene rings is 1. The summed E-state index contributed by atoms with van der Waals surface area (Å²) in [5.41, 5.74) is 1.40. The Hall–Kier alpha value is -0.860. The number of hydrogen-bond donors (Lipinski definition) is 1. The van der Waals surface area contributed by atoms with Crippen LogP contribution >= 0.6 is 0 Å². The van der Waals surface area contributed by atoms with Crippen molar-refractivity contribution >= 4 is 0 Å². The Bertz CT molecular complexity index is 332. The zero-order valence-electron chi connectivity index (χ0n) is 11.9. The molecule has 1 aliphatic rings. The molecule has 0 amide bonds. The van der Waals surface area contributed by atoms with Gasteiger partial charge < -0.3 is 10.0 Å². The summed E-state index contributed by atoms with van der Waals surface area (Å²) < 4.78 is 0. The summed E-state index contributed by atoms with van der Waals surface area (Å²) in [6.45, 7) is 3.35. The van der Waals surface area contributed by atoms with E-state index in [1.165, 1.54) is 44.2 Å². The van der Waals surface area contributed by atoms with Gasteiger partial charge in [-0.2, -0.15) is 0 Å². The lowest BCUT2D eigenvalue weighted by Gasteiger charge is -2.29. The summed E-state index contributed by atoms with van der Waals surface area (Å²) in [7, 11) is 0. The van der Waals surface area contributed by atoms with E-state index in [-0.39, 0.29) is 6.61 Å². The van der Waals surface area contributed by atoms with Gasteiger partial charge in [-0.1, -0.05) is 49.6 Å². The predicted molar refractivity (Wildman–Crippen MR) is 80.2 cm³/mol. The zero-order chi connectivity index (χ0) is 13.3. The van der Waals surface area contributed by atoms with Gasteiger partial charge in [0.05, 0.1) is 6.61 Å². The van der Waals surface area contributed by atoms with Crippen LogP contribution in [0.1, 0.15) is 37.7 Å². The Morgan fingerprint density at radius 2 is 1.74 bits per heavy atom. The smallest absolute Gasteiger partial charge is 0.0558 e. The van der Waals surface area contributed by atoms with E-state index in [0.29, 0.717) is 0 Å². The molecule has 0 bridgehead atoms. The molecule has 0 heterocycles. The van der Waals surface area contributed by atoms with Crippen LogP contribution in [0.2, 0.25) is 0 Å². The summed E-state index contributed by atoms with van der Waals surface area (Å²) in [5.74, 6) is 0.857. The molecule has 2 nitrogen and oxygen atoms in total. The molecule has 0 radical (unpaired) electrons. The Morgan fingerprint density at radius 1 is 1.00 bits per heavy atom. The van der Waals surface area contributed by atoms with Crippen molar-refractivity contribution in [3.05, 3.63) is 35.9 Å². The molecule has 0 saturated heterocycles. The van der Waals surface area contributed by atoms with Crippen LogP contribution < -0.4 is 0 Å². The Labute approximate surface area is 117 Å². The quantitative estimate of drug-likeness (QED) is 0.815. The Morgan fingerprint density at radius 3 is 2.42 bits per heavy atom. The first-order valence-corrected chi connectivity index (χ1v) is 7.75. The third kappa shape index (κ3) is 5.33. The van der Waals surface area contributed by atoms with E-state index >= 15 is 0 Å². The summed E-state index contributed by atoms with van der Waals surface area (Å²) in [6.07, 6.45) is 8.07. The lowest BCUT2D eigenvalue weighted by Crippen LogP contribution is -2.34. The molecule has 0 aliphatic heterocycles. The van der Waals surface area contributed by atoms with Gasteiger partial charge in [0.25, 0.3) is 0 Å². The number of hydrogen-bond acceptors (Lipinski definition) is 2. The van der Waals surface area contributed by atoms with Gasteiger partial charge >= 0.3 is 0 Å². The largest absolute Gasteiger partial charge is 0.395 e. The monoisotopic (exact) mass is 261 g/mol. The standard InChI is InChI=1S/C17H27NO/c19-14-13-18(15-17-9-5-2-6-10-17)12-11-16-7-3-1-4-8-16/h1,3-4,7-8,17,19H,2,5-6,9-15H2. The zero-order valence-corrected chi connectivity index (χ0v) is 11.9. The first-order valence-electron chi connectivity index (χ1n) is 7.75. The van der Waals surface area contributed by atoms with Crippen LogP contribution in [0.3, 0.4) is 0 Å². The molecule has 19 heavy (non-hydrogen) atoms. The van der Waals surface area contributed by atoms with Crippen molar-refractivity contribution in [3.63, 3.8) is 0 Å². The minimum Gasteiger partial charge on any atom is -0.395 e. The second-order valence-electron chi connectivity index (χ2n) is 5.76. The number of nitrogens with zero attached hydrogens (tertiary/aromatic N) is 1. The van der Waals surface area contributed by atoms with Gasteiger partial charge in [-0.05, 0) is 30.7 Å². The lowest BCUT2D eigenvalue weighted by atomic mass is 9.89. The summed E-state index contributed by atoms with van der Waals surface area (Å²) >= 11 is 0. The van der Waals surface area contributed by atoms with Crippen LogP contribution in [-0.4, -0.2) is 36.2 Å². The second-order valence-corrected chi connectivity index (χ2v) is 5.76. The van der Waals surface area contributed by atoms with E-state index in [0.717, 1.165) is 25.4 Å². The van der Waals surface area contributed by atoms with Crippen molar-refractivity contribution in [1.29, 1.82) is 0 Å². The van der Waals surface area contributed by atoms with E-state index in [2.05, 4.69) is 35.2 Å². The Kier molecular flexibility index (Phi) is 6.38. The topological polar surface area (TPSA) is 23.5 Å². The molecule has 1 aromatic rings. The highest BCUT2D eigenvalue weighted by molar-refractivity contribution is 5.14. The fourth-order valence-corrected chi connectivity index (χ4v) is 3.10. The fourth-order valence-electron chi connectivity index (χ4n) is 3.10. The second kappa shape index (κ2) is 8.34. The molecular weight excluding hydrogens is 234 g/mol. The molecule has 1 saturated carbocycles. The molecule has 2 heteroatoms. The van der Waals surface area contributed by atoms with Crippen molar-refractivity contribution < 1.29 is 5.11 Å². The maximum absolute atomic E-state index is 9.22. The molecular formula is C17H27NO. The predicted octanol–water partition coefficient (Wildman–Crippen LogP) is 3.10. The average Bonchev–Trinajstić information content (AvgIpc) is 2.47. The Balaban J connectivity index is 1.78. The van der Waals surface area contributed by atoms with Gasteiger partial charge in [0, 0.05) is 19.6 Å². The van der Waals surface area contributed by atoms with Crippen molar-refractivity contribution in [2.45, 2.75) is 38.5 Å². The molecule has 0 aromatic heterocycles. The van der Waals surface area contributed by atoms with Crippen LogP contribution in [0.4, 0.5) is 0 Å². The van der Waals surface area contributed by atoms with Gasteiger partial charge in [-0.15, -0.1) is 0 Å². The first-order chi connectivity index (χ1) is 9.38. The van der Waals surface area contributed by atoms with Crippen LogP contribution in [-0.2, 0) is 6.42 Å². The molecule has 1 N–H and O–H groups in total. The van der Waals surface area contributed by atoms with E-state index in [1.54, 1.807) is 0 Å². The summed E-state index contributed by atoms with van der Waals surface area (Å²) in [5, 5.41) is 9.22. The maximum atomic E-state index is 9.22. The van der Waals surface area contributed by atoms with E-state index in [4.69, 9.17) is 0 Å². The highest BCUT2D eigenvalue weighted by atomic mass is 16.3. The summed E-state index contributed by atoms with van der Waals surface area (Å²) in [6, 6.07) is 10.7. The minimum atomic E-state index is 0.279. The summed E-state index contributed by atoms with van der Waals surface area (Å²) in [4.78, 5) is 2.45. The third-order valence-electron chi connectivity index (χ3n) is 4.22. The molecule has 1 fully saturated rings. The van der Waals surface area contributed by atoms with E-state index in [9.17, 15) is 5.11 Å². The minimum absolute atomic E-state index is 0.279.